The fourth-order valence-electron chi connectivity index (χ4n) is 2.82. The van der Waals surface area contributed by atoms with Crippen LogP contribution < -0.4 is 0 Å². The number of isocyanates is 1. The molecule has 0 aliphatic heterocycles. The van der Waals surface area contributed by atoms with Gasteiger partial charge < -0.3 is 4.57 Å². The average Bonchev–Trinajstić information content (AvgIpc) is 2.60. The van der Waals surface area contributed by atoms with Crippen molar-refractivity contribution in [3.8, 4) is 0 Å². The van der Waals surface area contributed by atoms with Crippen molar-refractivity contribution in [2.45, 2.75) is 24.8 Å². The highest BCUT2D eigenvalue weighted by molar-refractivity contribution is 9.10. The summed E-state index contributed by atoms with van der Waals surface area (Å²) < 4.78 is 3.14. The number of hydrogen-bond acceptors (Lipinski definition) is 2. The molecule has 2 aromatic rings. The number of nitrogens with zero attached hydrogens (tertiary/aromatic N) is 2. The standard InChI is InChI=1S/C14H13BrN2O/c1-17-8-11(15)13-10(4-2-5-12(13)17)14(16-9-18)6-3-7-14/h2,4-5,8H,3,6-7H2,1H3. The van der Waals surface area contributed by atoms with E-state index in [2.05, 4.69) is 37.6 Å². The van der Waals surface area contributed by atoms with Gasteiger partial charge in [-0.1, -0.05) is 12.1 Å². The Labute approximate surface area is 114 Å². The predicted molar refractivity (Wildman–Crippen MR) is 74.3 cm³/mol. The first-order valence-corrected chi connectivity index (χ1v) is 6.80. The first-order chi connectivity index (χ1) is 8.68. The molecule has 1 aromatic carbocycles. The number of rotatable bonds is 2. The van der Waals surface area contributed by atoms with Crippen LogP contribution in [0.4, 0.5) is 0 Å². The van der Waals surface area contributed by atoms with Crippen LogP contribution in [0.1, 0.15) is 24.8 Å². The van der Waals surface area contributed by atoms with Crippen molar-refractivity contribution < 1.29 is 4.79 Å². The van der Waals surface area contributed by atoms with Gasteiger partial charge in [-0.2, -0.15) is 4.99 Å². The van der Waals surface area contributed by atoms with E-state index in [0.29, 0.717) is 0 Å². The highest BCUT2D eigenvalue weighted by atomic mass is 79.9. The van der Waals surface area contributed by atoms with E-state index < -0.39 is 0 Å². The lowest BCUT2D eigenvalue weighted by Gasteiger charge is -2.37. The summed E-state index contributed by atoms with van der Waals surface area (Å²) in [5, 5.41) is 1.17. The van der Waals surface area contributed by atoms with Crippen molar-refractivity contribution in [2.75, 3.05) is 0 Å². The number of fused-ring (bicyclic) bond motifs is 1. The molecule has 92 valence electrons. The molecule has 1 saturated carbocycles. The van der Waals surface area contributed by atoms with Crippen LogP contribution in [0.3, 0.4) is 0 Å². The zero-order valence-corrected chi connectivity index (χ0v) is 11.7. The zero-order valence-electron chi connectivity index (χ0n) is 10.1. The molecule has 0 amide bonds. The van der Waals surface area contributed by atoms with Gasteiger partial charge in [-0.3, -0.25) is 0 Å². The molecule has 1 aliphatic carbocycles. The minimum Gasteiger partial charge on any atom is -0.349 e. The van der Waals surface area contributed by atoms with Crippen LogP contribution in [0.25, 0.3) is 10.9 Å². The van der Waals surface area contributed by atoms with Gasteiger partial charge in [0.15, 0.2) is 0 Å². The minimum absolute atomic E-state index is 0.342. The fourth-order valence-corrected chi connectivity index (χ4v) is 3.54. The summed E-state index contributed by atoms with van der Waals surface area (Å²) in [7, 11) is 2.02. The molecule has 0 spiro atoms. The lowest BCUT2D eigenvalue weighted by molar-refractivity contribution is 0.258. The van der Waals surface area contributed by atoms with E-state index in [-0.39, 0.29) is 5.54 Å². The van der Waals surface area contributed by atoms with Gasteiger partial charge in [-0.05, 0) is 46.8 Å². The molecule has 1 aromatic heterocycles. The number of aryl methyl sites for hydroxylation is 1. The van der Waals surface area contributed by atoms with Crippen LogP contribution in [-0.4, -0.2) is 10.6 Å². The minimum atomic E-state index is -0.342. The summed E-state index contributed by atoms with van der Waals surface area (Å²) in [5.41, 5.74) is 1.96. The third-order valence-corrected chi connectivity index (χ3v) is 4.51. The Balaban J connectivity index is 2.32. The highest BCUT2D eigenvalue weighted by Gasteiger charge is 2.40. The summed E-state index contributed by atoms with van der Waals surface area (Å²) in [6.45, 7) is 0. The molecular formula is C14H13BrN2O. The van der Waals surface area contributed by atoms with Gasteiger partial charge >= 0.3 is 0 Å². The Morgan fingerprint density at radius 3 is 2.83 bits per heavy atom. The summed E-state index contributed by atoms with van der Waals surface area (Å²) in [6.07, 6.45) is 6.78. The molecule has 3 nitrogen and oxygen atoms in total. The number of halogens is 1. The first kappa shape index (κ1) is 11.7. The Morgan fingerprint density at radius 2 is 2.22 bits per heavy atom. The molecule has 0 unspecified atom stereocenters. The van der Waals surface area contributed by atoms with Crippen LogP contribution in [0.2, 0.25) is 0 Å². The Kier molecular flexibility index (Phi) is 2.65. The van der Waals surface area contributed by atoms with Gasteiger partial charge in [0.2, 0.25) is 6.08 Å². The average molecular weight is 305 g/mol. The van der Waals surface area contributed by atoms with Gasteiger partial charge in [-0.25, -0.2) is 4.79 Å². The van der Waals surface area contributed by atoms with Crippen molar-refractivity contribution in [1.82, 2.24) is 4.57 Å². The smallest absolute Gasteiger partial charge is 0.235 e. The van der Waals surface area contributed by atoms with Gasteiger partial charge in [0.25, 0.3) is 0 Å². The molecule has 0 saturated heterocycles. The van der Waals surface area contributed by atoms with Crippen LogP contribution >= 0.6 is 15.9 Å². The van der Waals surface area contributed by atoms with Gasteiger partial charge in [-0.15, -0.1) is 0 Å². The van der Waals surface area contributed by atoms with E-state index in [9.17, 15) is 4.79 Å². The molecule has 18 heavy (non-hydrogen) atoms. The fraction of sp³-hybridized carbons (Fsp3) is 0.357. The summed E-state index contributed by atoms with van der Waals surface area (Å²) in [5.74, 6) is 0. The quantitative estimate of drug-likeness (QED) is 0.616. The van der Waals surface area contributed by atoms with Gasteiger partial charge in [0.05, 0.1) is 5.54 Å². The van der Waals surface area contributed by atoms with E-state index in [0.717, 1.165) is 34.8 Å². The topological polar surface area (TPSA) is 34.4 Å². The van der Waals surface area contributed by atoms with Crippen molar-refractivity contribution in [3.05, 3.63) is 34.4 Å². The summed E-state index contributed by atoms with van der Waals surface area (Å²) in [4.78, 5) is 14.8. The molecule has 1 fully saturated rings. The molecular weight excluding hydrogens is 292 g/mol. The van der Waals surface area contributed by atoms with E-state index in [1.54, 1.807) is 6.08 Å². The highest BCUT2D eigenvalue weighted by Crippen LogP contribution is 2.48. The van der Waals surface area contributed by atoms with E-state index >= 15 is 0 Å². The van der Waals surface area contributed by atoms with Crippen LogP contribution in [-0.2, 0) is 17.4 Å². The molecule has 4 heteroatoms. The normalized spacial score (nSPS) is 17.2. The molecule has 0 atom stereocenters. The number of aliphatic imine (C=N–C) groups is 1. The van der Waals surface area contributed by atoms with Gasteiger partial charge in [0, 0.05) is 28.6 Å². The largest absolute Gasteiger partial charge is 0.349 e. The molecule has 1 aliphatic rings. The van der Waals surface area contributed by atoms with Crippen LogP contribution in [0.15, 0.2) is 33.9 Å². The maximum atomic E-state index is 10.7. The Bertz CT molecular complexity index is 664. The maximum absolute atomic E-state index is 10.7. The van der Waals surface area contributed by atoms with E-state index in [4.69, 9.17) is 0 Å². The molecule has 1 heterocycles. The molecule has 0 bridgehead atoms. The number of hydrogen-bond donors (Lipinski definition) is 0. The SMILES string of the molecule is Cn1cc(Br)c2c(C3(N=C=O)CCC3)cccc21. The van der Waals surface area contributed by atoms with E-state index in [1.165, 1.54) is 5.39 Å². The zero-order chi connectivity index (χ0) is 12.8. The monoisotopic (exact) mass is 304 g/mol. The molecule has 0 radical (unpaired) electrons. The second kappa shape index (κ2) is 4.08. The second-order valence-corrected chi connectivity index (χ2v) is 5.73. The van der Waals surface area contributed by atoms with Gasteiger partial charge in [0.1, 0.15) is 0 Å². The third kappa shape index (κ3) is 1.49. The number of carbonyl (C=O) groups excluding carboxylic acids is 1. The summed E-state index contributed by atoms with van der Waals surface area (Å²) in [6, 6.07) is 6.19. The Hall–Kier alpha value is -1.38. The Morgan fingerprint density at radius 1 is 1.44 bits per heavy atom. The first-order valence-electron chi connectivity index (χ1n) is 6.01. The molecule has 0 N–H and O–H groups in total. The number of aromatic nitrogens is 1. The lowest BCUT2D eigenvalue weighted by atomic mass is 9.71. The maximum Gasteiger partial charge on any atom is 0.235 e. The predicted octanol–water partition coefficient (Wildman–Crippen LogP) is 3.66. The van der Waals surface area contributed by atoms with Crippen LogP contribution in [0.5, 0.6) is 0 Å². The molecule has 3 rings (SSSR count). The van der Waals surface area contributed by atoms with Crippen molar-refractivity contribution in [2.24, 2.45) is 12.0 Å². The second-order valence-electron chi connectivity index (χ2n) is 4.88. The lowest BCUT2D eigenvalue weighted by Crippen LogP contribution is -2.32. The van der Waals surface area contributed by atoms with Crippen molar-refractivity contribution in [3.63, 3.8) is 0 Å². The third-order valence-electron chi connectivity index (χ3n) is 3.91. The van der Waals surface area contributed by atoms with E-state index in [1.807, 2.05) is 19.3 Å². The van der Waals surface area contributed by atoms with Crippen molar-refractivity contribution in [1.29, 1.82) is 0 Å². The number of benzene rings is 1. The summed E-state index contributed by atoms with van der Waals surface area (Å²) >= 11 is 3.60. The van der Waals surface area contributed by atoms with Crippen molar-refractivity contribution >= 4 is 32.9 Å². The van der Waals surface area contributed by atoms with Crippen LogP contribution in [0, 0.1) is 0 Å².